The molecule has 1 fully saturated rings. The van der Waals surface area contributed by atoms with Crippen molar-refractivity contribution in [2.75, 3.05) is 17.6 Å². The van der Waals surface area contributed by atoms with E-state index in [0.717, 1.165) is 17.7 Å². The lowest BCUT2D eigenvalue weighted by Gasteiger charge is -2.23. The summed E-state index contributed by atoms with van der Waals surface area (Å²) in [7, 11) is 0. The minimum atomic E-state index is -0.306. The first-order valence-corrected chi connectivity index (χ1v) is 11.8. The van der Waals surface area contributed by atoms with Crippen LogP contribution >= 0.6 is 11.8 Å². The third-order valence-corrected chi connectivity index (χ3v) is 6.54. The van der Waals surface area contributed by atoms with E-state index in [1.807, 2.05) is 25.1 Å². The van der Waals surface area contributed by atoms with Crippen LogP contribution in [0.4, 0.5) is 5.69 Å². The summed E-state index contributed by atoms with van der Waals surface area (Å²) >= 11 is 1.55. The maximum absolute atomic E-state index is 12.8. The van der Waals surface area contributed by atoms with E-state index in [0.29, 0.717) is 35.7 Å². The minimum Gasteiger partial charge on any atom is -0.467 e. The molecule has 2 aromatic carbocycles. The number of nitrogens with one attached hydrogen (secondary N) is 2. The Morgan fingerprint density at radius 3 is 2.58 bits per heavy atom. The first-order chi connectivity index (χ1) is 16.1. The van der Waals surface area contributed by atoms with Gasteiger partial charge in [0, 0.05) is 12.1 Å². The Hall–Kier alpha value is -3.52. The summed E-state index contributed by atoms with van der Waals surface area (Å²) in [6, 6.07) is 17.8. The molecule has 2 heterocycles. The molecular weight excluding hydrogens is 438 g/mol. The van der Waals surface area contributed by atoms with Crippen LogP contribution in [0.3, 0.4) is 0 Å². The lowest BCUT2D eigenvalue weighted by molar-refractivity contribution is -0.128. The third-order valence-electron chi connectivity index (χ3n) is 5.29. The molecule has 0 aliphatic carbocycles. The summed E-state index contributed by atoms with van der Waals surface area (Å²) in [4.78, 5) is 39.4. The molecule has 1 atom stereocenters. The van der Waals surface area contributed by atoms with Crippen LogP contribution in [0.25, 0.3) is 0 Å². The Labute approximate surface area is 196 Å². The topological polar surface area (TPSA) is 91.7 Å². The van der Waals surface area contributed by atoms with Gasteiger partial charge in [-0.05, 0) is 48.4 Å². The molecule has 0 saturated carbocycles. The van der Waals surface area contributed by atoms with Gasteiger partial charge in [-0.15, -0.1) is 11.8 Å². The number of furan rings is 1. The molecule has 0 bridgehead atoms. The molecule has 0 spiro atoms. The fraction of sp³-hybridized carbons (Fsp3) is 0.240. The Bertz CT molecular complexity index is 1130. The molecule has 33 heavy (non-hydrogen) atoms. The average molecular weight is 464 g/mol. The van der Waals surface area contributed by atoms with E-state index in [1.54, 1.807) is 65.4 Å². The van der Waals surface area contributed by atoms with Crippen LogP contribution in [0.15, 0.2) is 71.3 Å². The first kappa shape index (κ1) is 22.7. The van der Waals surface area contributed by atoms with Gasteiger partial charge in [-0.25, -0.2) is 0 Å². The van der Waals surface area contributed by atoms with Crippen LogP contribution in [0.1, 0.15) is 50.8 Å². The average Bonchev–Trinajstić information content (AvgIpc) is 3.48. The van der Waals surface area contributed by atoms with E-state index in [2.05, 4.69) is 10.6 Å². The van der Waals surface area contributed by atoms with Crippen molar-refractivity contribution in [2.24, 2.45) is 0 Å². The molecule has 1 aliphatic rings. The van der Waals surface area contributed by atoms with Gasteiger partial charge in [-0.1, -0.05) is 31.2 Å². The second kappa shape index (κ2) is 10.4. The van der Waals surface area contributed by atoms with E-state index in [9.17, 15) is 14.4 Å². The maximum atomic E-state index is 12.8. The van der Waals surface area contributed by atoms with Crippen molar-refractivity contribution < 1.29 is 18.8 Å². The van der Waals surface area contributed by atoms with E-state index >= 15 is 0 Å². The van der Waals surface area contributed by atoms with Crippen molar-refractivity contribution in [2.45, 2.75) is 25.3 Å². The van der Waals surface area contributed by atoms with Crippen LogP contribution in [-0.4, -0.2) is 34.9 Å². The highest BCUT2D eigenvalue weighted by Crippen LogP contribution is 2.39. The van der Waals surface area contributed by atoms with Crippen LogP contribution in [0, 0.1) is 0 Å². The number of amides is 3. The predicted molar refractivity (Wildman–Crippen MR) is 128 cm³/mol. The number of nitrogens with zero attached hydrogens (tertiary/aromatic N) is 1. The Balaban J connectivity index is 1.46. The summed E-state index contributed by atoms with van der Waals surface area (Å²) in [6.45, 7) is 2.96. The molecule has 1 aromatic heterocycles. The van der Waals surface area contributed by atoms with Gasteiger partial charge in [0.2, 0.25) is 5.91 Å². The van der Waals surface area contributed by atoms with E-state index in [4.69, 9.17) is 4.42 Å². The monoisotopic (exact) mass is 463 g/mol. The van der Waals surface area contributed by atoms with Crippen molar-refractivity contribution in [3.63, 3.8) is 0 Å². The molecule has 1 aliphatic heterocycles. The fourth-order valence-corrected chi connectivity index (χ4v) is 4.78. The third kappa shape index (κ3) is 5.28. The number of carbonyl (C=O) groups is 3. The lowest BCUT2D eigenvalue weighted by Crippen LogP contribution is -2.27. The summed E-state index contributed by atoms with van der Waals surface area (Å²) in [5, 5.41) is 5.53. The normalized spacial score (nSPS) is 15.5. The molecule has 3 amide bonds. The SMILES string of the molecule is CCCNC(=O)c1ccccc1NC(=O)c1ccc([C@H]2SCC(=O)N2Cc2ccco2)cc1. The van der Waals surface area contributed by atoms with Crippen molar-refractivity contribution >= 4 is 35.2 Å². The van der Waals surface area contributed by atoms with Crippen LogP contribution < -0.4 is 10.6 Å². The van der Waals surface area contributed by atoms with Crippen molar-refractivity contribution in [1.29, 1.82) is 0 Å². The highest BCUT2D eigenvalue weighted by Gasteiger charge is 2.33. The fourth-order valence-electron chi connectivity index (χ4n) is 3.59. The maximum Gasteiger partial charge on any atom is 0.255 e. The summed E-state index contributed by atoms with van der Waals surface area (Å²) in [5.41, 5.74) is 2.29. The summed E-state index contributed by atoms with van der Waals surface area (Å²) in [6.07, 6.45) is 2.42. The minimum absolute atomic E-state index is 0.0566. The number of hydrogen-bond acceptors (Lipinski definition) is 5. The second-order valence-corrected chi connectivity index (χ2v) is 8.71. The zero-order valence-electron chi connectivity index (χ0n) is 18.2. The second-order valence-electron chi connectivity index (χ2n) is 7.64. The van der Waals surface area contributed by atoms with Crippen LogP contribution in [0.2, 0.25) is 0 Å². The number of hydrogen-bond donors (Lipinski definition) is 2. The molecule has 1 saturated heterocycles. The Kier molecular flexibility index (Phi) is 7.14. The molecule has 2 N–H and O–H groups in total. The number of thioether (sulfide) groups is 1. The Morgan fingerprint density at radius 2 is 1.85 bits per heavy atom. The highest BCUT2D eigenvalue weighted by atomic mass is 32.2. The van der Waals surface area contributed by atoms with E-state index in [1.165, 1.54) is 0 Å². The molecule has 170 valence electrons. The number of rotatable bonds is 8. The van der Waals surface area contributed by atoms with Gasteiger partial charge in [0.25, 0.3) is 11.8 Å². The number of carbonyl (C=O) groups excluding carboxylic acids is 3. The van der Waals surface area contributed by atoms with Crippen molar-refractivity contribution in [3.05, 3.63) is 89.4 Å². The van der Waals surface area contributed by atoms with Gasteiger partial charge in [0.05, 0.1) is 29.8 Å². The molecule has 7 nitrogen and oxygen atoms in total. The van der Waals surface area contributed by atoms with E-state index in [-0.39, 0.29) is 23.1 Å². The van der Waals surface area contributed by atoms with Gasteiger partial charge < -0.3 is 20.0 Å². The van der Waals surface area contributed by atoms with Crippen molar-refractivity contribution in [3.8, 4) is 0 Å². The van der Waals surface area contributed by atoms with Gasteiger partial charge in [-0.2, -0.15) is 0 Å². The Morgan fingerprint density at radius 1 is 1.06 bits per heavy atom. The van der Waals surface area contributed by atoms with Gasteiger partial charge in [-0.3, -0.25) is 14.4 Å². The smallest absolute Gasteiger partial charge is 0.255 e. The lowest BCUT2D eigenvalue weighted by atomic mass is 10.1. The summed E-state index contributed by atoms with van der Waals surface area (Å²) < 4.78 is 5.40. The van der Waals surface area contributed by atoms with Crippen LogP contribution in [0.5, 0.6) is 0 Å². The highest BCUT2D eigenvalue weighted by molar-refractivity contribution is 8.00. The molecule has 8 heteroatoms. The molecule has 4 rings (SSSR count). The zero-order chi connectivity index (χ0) is 23.2. The molecule has 0 unspecified atom stereocenters. The van der Waals surface area contributed by atoms with E-state index < -0.39 is 0 Å². The quantitative estimate of drug-likeness (QED) is 0.515. The standard InChI is InChI=1S/C25H25N3O4S/c1-2-13-26-24(31)20-7-3-4-8-21(20)27-23(30)17-9-11-18(12-10-17)25-28(22(29)16-33-25)15-19-6-5-14-32-19/h3-12,14,25H,2,13,15-16H2,1H3,(H,26,31)(H,27,30)/t25-/m1/s1. The first-order valence-electron chi connectivity index (χ1n) is 10.8. The molecule has 0 radical (unpaired) electrons. The number of benzene rings is 2. The van der Waals surface area contributed by atoms with Crippen molar-refractivity contribution in [1.82, 2.24) is 10.2 Å². The molecular formula is C25H25N3O4S. The van der Waals surface area contributed by atoms with Crippen LogP contribution in [-0.2, 0) is 11.3 Å². The van der Waals surface area contributed by atoms with Gasteiger partial charge in [0.1, 0.15) is 11.1 Å². The number of para-hydroxylation sites is 1. The largest absolute Gasteiger partial charge is 0.467 e. The predicted octanol–water partition coefficient (Wildman–Crippen LogP) is 4.45. The zero-order valence-corrected chi connectivity index (χ0v) is 19.1. The molecule has 3 aromatic rings. The number of anilines is 1. The summed E-state index contributed by atoms with van der Waals surface area (Å²) in [5.74, 6) is 0.669. The van der Waals surface area contributed by atoms with Gasteiger partial charge >= 0.3 is 0 Å². The van der Waals surface area contributed by atoms with Gasteiger partial charge in [0.15, 0.2) is 0 Å².